The highest BCUT2D eigenvalue weighted by Crippen LogP contribution is 2.46. The van der Waals surface area contributed by atoms with Crippen LogP contribution in [0.25, 0.3) is 10.1 Å². The van der Waals surface area contributed by atoms with Gasteiger partial charge in [0.25, 0.3) is 5.56 Å². The van der Waals surface area contributed by atoms with Gasteiger partial charge in [-0.25, -0.2) is 0 Å². The molecule has 0 spiro atoms. The second kappa shape index (κ2) is 2.70. The van der Waals surface area contributed by atoms with Crippen LogP contribution >= 0.6 is 11.3 Å². The monoisotopic (exact) mass is 205 g/mol. The van der Waals surface area contributed by atoms with Crippen LogP contribution in [-0.4, -0.2) is 4.98 Å². The molecule has 2 nitrogen and oxygen atoms in total. The van der Waals surface area contributed by atoms with Crippen molar-refractivity contribution in [3.05, 3.63) is 33.1 Å². The van der Waals surface area contributed by atoms with Crippen molar-refractivity contribution >= 4 is 21.4 Å². The van der Waals surface area contributed by atoms with Crippen molar-refractivity contribution in [3.8, 4) is 0 Å². The minimum atomic E-state index is 0.0585. The van der Waals surface area contributed by atoms with Crippen molar-refractivity contribution in [1.82, 2.24) is 4.98 Å². The number of aryl methyl sites for hydroxylation is 1. The fourth-order valence-corrected chi connectivity index (χ4v) is 3.33. The Morgan fingerprint density at radius 1 is 1.50 bits per heavy atom. The summed E-state index contributed by atoms with van der Waals surface area (Å²) in [5.74, 6) is 0.742. The predicted octanol–water partition coefficient (Wildman–Crippen LogP) is 2.78. The van der Waals surface area contributed by atoms with Crippen LogP contribution in [-0.2, 0) is 0 Å². The zero-order valence-electron chi connectivity index (χ0n) is 7.96. The van der Waals surface area contributed by atoms with E-state index in [1.165, 1.54) is 23.3 Å². The van der Waals surface area contributed by atoms with Crippen LogP contribution in [0.1, 0.15) is 29.2 Å². The Morgan fingerprint density at radius 2 is 2.29 bits per heavy atom. The van der Waals surface area contributed by atoms with E-state index in [1.54, 1.807) is 17.5 Å². The van der Waals surface area contributed by atoms with Crippen LogP contribution in [0.2, 0.25) is 0 Å². The van der Waals surface area contributed by atoms with Crippen LogP contribution in [0.5, 0.6) is 0 Å². The molecule has 1 N–H and O–H groups in total. The molecular formula is C11H11NOS. The number of aromatic nitrogens is 1. The number of hydrogen-bond donors (Lipinski definition) is 1. The van der Waals surface area contributed by atoms with E-state index >= 15 is 0 Å². The maximum absolute atomic E-state index is 11.6. The summed E-state index contributed by atoms with van der Waals surface area (Å²) >= 11 is 1.79. The molecule has 2 heterocycles. The molecule has 0 saturated heterocycles. The molecule has 14 heavy (non-hydrogen) atoms. The third-order valence-corrected chi connectivity index (χ3v) is 4.25. The topological polar surface area (TPSA) is 32.9 Å². The smallest absolute Gasteiger partial charge is 0.256 e. The molecule has 3 heteroatoms. The van der Waals surface area contributed by atoms with Crippen LogP contribution in [0, 0.1) is 6.92 Å². The Morgan fingerprint density at radius 3 is 2.93 bits per heavy atom. The van der Waals surface area contributed by atoms with Gasteiger partial charge in [-0.2, -0.15) is 0 Å². The van der Waals surface area contributed by atoms with Gasteiger partial charge in [0, 0.05) is 15.8 Å². The molecule has 2 aromatic rings. The van der Waals surface area contributed by atoms with Gasteiger partial charge < -0.3 is 4.98 Å². The van der Waals surface area contributed by atoms with Gasteiger partial charge in [0.2, 0.25) is 0 Å². The highest BCUT2D eigenvalue weighted by molar-refractivity contribution is 7.19. The van der Waals surface area contributed by atoms with Crippen molar-refractivity contribution < 1.29 is 0 Å². The highest BCUT2D eigenvalue weighted by Gasteiger charge is 2.28. The first-order valence-electron chi connectivity index (χ1n) is 4.88. The number of H-pyrrole nitrogens is 1. The molecule has 72 valence electrons. The van der Waals surface area contributed by atoms with E-state index in [0.29, 0.717) is 0 Å². The normalized spacial score (nSPS) is 16.4. The van der Waals surface area contributed by atoms with Gasteiger partial charge in [-0.15, -0.1) is 11.3 Å². The molecule has 3 rings (SSSR count). The Bertz CT molecular complexity index is 548. The Kier molecular flexibility index (Phi) is 1.59. The molecule has 0 radical (unpaired) electrons. The minimum absolute atomic E-state index is 0.0585. The van der Waals surface area contributed by atoms with E-state index < -0.39 is 0 Å². The first-order chi connectivity index (χ1) is 6.77. The lowest BCUT2D eigenvalue weighted by molar-refractivity contribution is 1.15. The number of hydrogen-bond acceptors (Lipinski definition) is 2. The van der Waals surface area contributed by atoms with E-state index in [-0.39, 0.29) is 5.56 Å². The Hall–Kier alpha value is -1.09. The molecule has 1 saturated carbocycles. The van der Waals surface area contributed by atoms with Crippen molar-refractivity contribution in [2.75, 3.05) is 0 Å². The fourth-order valence-electron chi connectivity index (χ4n) is 1.95. The predicted molar refractivity (Wildman–Crippen MR) is 59.2 cm³/mol. The number of thiophene rings is 1. The average Bonchev–Trinajstić information content (AvgIpc) is 2.93. The summed E-state index contributed by atoms with van der Waals surface area (Å²) in [6.07, 6.45) is 4.33. The zero-order valence-corrected chi connectivity index (χ0v) is 8.78. The van der Waals surface area contributed by atoms with Gasteiger partial charge in [-0.05, 0) is 37.3 Å². The molecule has 0 unspecified atom stereocenters. The summed E-state index contributed by atoms with van der Waals surface area (Å²) in [5, 5.41) is 0.902. The molecule has 0 bridgehead atoms. The fraction of sp³-hybridized carbons (Fsp3) is 0.364. The number of rotatable bonds is 1. The van der Waals surface area contributed by atoms with Gasteiger partial charge in [0.05, 0.1) is 5.39 Å². The number of fused-ring (bicyclic) bond motifs is 1. The van der Waals surface area contributed by atoms with Gasteiger partial charge in [-0.3, -0.25) is 4.79 Å². The molecule has 2 aromatic heterocycles. The first kappa shape index (κ1) is 8.24. The summed E-state index contributed by atoms with van der Waals surface area (Å²) in [6, 6.07) is 2.00. The summed E-state index contributed by atoms with van der Waals surface area (Å²) in [4.78, 5) is 15.8. The number of nitrogens with one attached hydrogen (secondary N) is 1. The van der Waals surface area contributed by atoms with Crippen molar-refractivity contribution in [1.29, 1.82) is 0 Å². The molecule has 0 aliphatic heterocycles. The second-order valence-corrected chi connectivity index (χ2v) is 5.00. The zero-order chi connectivity index (χ0) is 9.71. The van der Waals surface area contributed by atoms with Crippen LogP contribution in [0.3, 0.4) is 0 Å². The molecule has 0 aromatic carbocycles. The van der Waals surface area contributed by atoms with Gasteiger partial charge in [-0.1, -0.05) is 0 Å². The molecule has 1 fully saturated rings. The molecule has 0 amide bonds. The highest BCUT2D eigenvalue weighted by atomic mass is 32.1. The largest absolute Gasteiger partial charge is 0.328 e. The van der Waals surface area contributed by atoms with E-state index in [2.05, 4.69) is 11.9 Å². The van der Waals surface area contributed by atoms with Gasteiger partial charge in [0.15, 0.2) is 0 Å². The third kappa shape index (κ3) is 1.05. The second-order valence-electron chi connectivity index (χ2n) is 3.91. The van der Waals surface area contributed by atoms with Gasteiger partial charge >= 0.3 is 0 Å². The summed E-state index contributed by atoms with van der Waals surface area (Å²) in [7, 11) is 0. The first-order valence-corrected chi connectivity index (χ1v) is 5.69. The van der Waals surface area contributed by atoms with Crippen molar-refractivity contribution in [2.24, 2.45) is 0 Å². The van der Waals surface area contributed by atoms with Crippen LogP contribution in [0.4, 0.5) is 0 Å². The SMILES string of the molecule is Cc1c(C2CC2)sc2cc[nH]c(=O)c12. The Balaban J connectivity index is 2.40. The Labute approximate surface area is 85.6 Å². The van der Waals surface area contributed by atoms with E-state index in [4.69, 9.17) is 0 Å². The summed E-state index contributed by atoms with van der Waals surface area (Å²) in [5.41, 5.74) is 1.26. The summed E-state index contributed by atoms with van der Waals surface area (Å²) < 4.78 is 1.13. The van der Waals surface area contributed by atoms with Gasteiger partial charge in [0.1, 0.15) is 0 Å². The van der Waals surface area contributed by atoms with Crippen molar-refractivity contribution in [2.45, 2.75) is 25.7 Å². The average molecular weight is 205 g/mol. The maximum Gasteiger partial charge on any atom is 0.256 e. The molecule has 1 aliphatic carbocycles. The van der Waals surface area contributed by atoms with Crippen LogP contribution < -0.4 is 5.56 Å². The maximum atomic E-state index is 11.6. The minimum Gasteiger partial charge on any atom is -0.328 e. The standard InChI is InChI=1S/C11H11NOS/c1-6-9-8(4-5-12-11(9)13)14-10(6)7-2-3-7/h4-5,7H,2-3H2,1H3,(H,12,13). The number of aromatic amines is 1. The lowest BCUT2D eigenvalue weighted by Crippen LogP contribution is -2.03. The molecule has 1 aliphatic rings. The van der Waals surface area contributed by atoms with E-state index in [9.17, 15) is 4.79 Å². The van der Waals surface area contributed by atoms with Crippen LogP contribution in [0.15, 0.2) is 17.1 Å². The van der Waals surface area contributed by atoms with E-state index in [1.807, 2.05) is 6.07 Å². The lowest BCUT2D eigenvalue weighted by atomic mass is 10.1. The summed E-state index contributed by atoms with van der Waals surface area (Å²) in [6.45, 7) is 2.07. The number of pyridine rings is 1. The lowest BCUT2D eigenvalue weighted by Gasteiger charge is -1.92. The molecule has 0 atom stereocenters. The quantitative estimate of drug-likeness (QED) is 0.763. The van der Waals surface area contributed by atoms with E-state index in [0.717, 1.165) is 16.0 Å². The van der Waals surface area contributed by atoms with Crippen molar-refractivity contribution in [3.63, 3.8) is 0 Å². The molecular weight excluding hydrogens is 194 g/mol. The third-order valence-electron chi connectivity index (χ3n) is 2.84.